The molecule has 4 N–H and O–H groups in total. The molecule has 1 amide bonds. The summed E-state index contributed by atoms with van der Waals surface area (Å²) in [4.78, 5) is 29.4. The van der Waals surface area contributed by atoms with E-state index in [1.807, 2.05) is 30.3 Å². The number of nitrogens with zero attached hydrogens (tertiary/aromatic N) is 5. The van der Waals surface area contributed by atoms with Gasteiger partial charge in [0, 0.05) is 6.20 Å². The second-order valence-corrected chi connectivity index (χ2v) is 7.39. The predicted molar refractivity (Wildman–Crippen MR) is 119 cm³/mol. The Bertz CT molecular complexity index is 1310. The van der Waals surface area contributed by atoms with Crippen LogP contribution in [0.2, 0.25) is 0 Å². The summed E-state index contributed by atoms with van der Waals surface area (Å²) in [6.07, 6.45) is 1.56. The minimum atomic E-state index is -0.424. The van der Waals surface area contributed by atoms with Gasteiger partial charge in [-0.15, -0.1) is 0 Å². The van der Waals surface area contributed by atoms with E-state index < -0.39 is 6.04 Å². The Morgan fingerprint density at radius 3 is 2.73 bits per heavy atom. The Hall–Kier alpha value is -4.38. The Balaban J connectivity index is 1.48. The smallest absolute Gasteiger partial charge is 0.263 e. The van der Waals surface area contributed by atoms with Crippen molar-refractivity contribution in [3.05, 3.63) is 71.3 Å². The molecule has 0 spiro atoms. The number of rotatable bonds is 7. The number of pyridine rings is 1. The normalized spacial score (nSPS) is 13.3. The standard InChI is InChI=1S/C22H20N8O3/c1-12-25-21(33-30-12)15-9-24-22(28-18-8-7-14-16(26-18)10-23-20(14)32)29-19(15)27-17(11-31)13-5-3-2-4-6-13/h2-9,17,31H,10-11H2,1H3,(H,23,32)(H2,24,26,27,28,29)/t17-/m1/s1. The van der Waals surface area contributed by atoms with E-state index in [-0.39, 0.29) is 24.4 Å². The van der Waals surface area contributed by atoms with Gasteiger partial charge in [0.1, 0.15) is 17.2 Å². The van der Waals surface area contributed by atoms with Crippen LogP contribution in [-0.4, -0.2) is 42.7 Å². The molecule has 0 fully saturated rings. The molecule has 0 saturated carbocycles. The summed E-state index contributed by atoms with van der Waals surface area (Å²) in [6.45, 7) is 1.94. The van der Waals surface area contributed by atoms with Crippen LogP contribution in [0.15, 0.2) is 53.2 Å². The van der Waals surface area contributed by atoms with Gasteiger partial charge in [0.2, 0.25) is 5.95 Å². The highest BCUT2D eigenvalue weighted by atomic mass is 16.5. The van der Waals surface area contributed by atoms with Crippen molar-refractivity contribution in [1.82, 2.24) is 30.4 Å². The number of aliphatic hydroxyl groups excluding tert-OH is 1. The first-order chi connectivity index (χ1) is 16.1. The zero-order chi connectivity index (χ0) is 22.8. The van der Waals surface area contributed by atoms with Crippen molar-refractivity contribution in [1.29, 1.82) is 0 Å². The van der Waals surface area contributed by atoms with Gasteiger partial charge in [0.25, 0.3) is 11.8 Å². The second-order valence-electron chi connectivity index (χ2n) is 7.39. The zero-order valence-corrected chi connectivity index (χ0v) is 17.6. The van der Waals surface area contributed by atoms with Crippen LogP contribution in [0.3, 0.4) is 0 Å². The Labute approximate surface area is 188 Å². The maximum Gasteiger partial charge on any atom is 0.263 e. The van der Waals surface area contributed by atoms with Crippen molar-refractivity contribution in [3.8, 4) is 11.5 Å². The van der Waals surface area contributed by atoms with Crippen molar-refractivity contribution >= 4 is 23.5 Å². The Morgan fingerprint density at radius 2 is 1.97 bits per heavy atom. The number of fused-ring (bicyclic) bond motifs is 1. The van der Waals surface area contributed by atoms with Gasteiger partial charge in [-0.1, -0.05) is 35.5 Å². The molecule has 0 radical (unpaired) electrons. The molecule has 11 nitrogen and oxygen atoms in total. The highest BCUT2D eigenvalue weighted by Crippen LogP contribution is 2.29. The summed E-state index contributed by atoms with van der Waals surface area (Å²) in [5, 5.41) is 22.9. The molecule has 3 aromatic heterocycles. The lowest BCUT2D eigenvalue weighted by Crippen LogP contribution is -2.17. The quantitative estimate of drug-likeness (QED) is 0.334. The van der Waals surface area contributed by atoms with Crippen LogP contribution >= 0.6 is 0 Å². The molecular formula is C22H20N8O3. The highest BCUT2D eigenvalue weighted by Gasteiger charge is 2.22. The van der Waals surface area contributed by atoms with E-state index in [0.717, 1.165) is 5.56 Å². The molecule has 1 aromatic carbocycles. The summed E-state index contributed by atoms with van der Waals surface area (Å²) in [5.74, 6) is 1.77. The van der Waals surface area contributed by atoms with Gasteiger partial charge in [-0.2, -0.15) is 9.97 Å². The molecule has 1 atom stereocenters. The Kier molecular flexibility index (Phi) is 5.37. The number of benzene rings is 1. The van der Waals surface area contributed by atoms with Gasteiger partial charge in [-0.3, -0.25) is 4.79 Å². The molecule has 1 aliphatic rings. The second kappa shape index (κ2) is 8.63. The first kappa shape index (κ1) is 20.5. The Morgan fingerprint density at radius 1 is 1.12 bits per heavy atom. The molecule has 166 valence electrons. The minimum Gasteiger partial charge on any atom is -0.394 e. The van der Waals surface area contributed by atoms with Gasteiger partial charge in [0.05, 0.1) is 30.5 Å². The highest BCUT2D eigenvalue weighted by molar-refractivity contribution is 5.97. The topological polar surface area (TPSA) is 151 Å². The van der Waals surface area contributed by atoms with Crippen molar-refractivity contribution in [2.45, 2.75) is 19.5 Å². The molecule has 5 rings (SSSR count). The number of anilines is 3. The molecular weight excluding hydrogens is 424 g/mol. The van der Waals surface area contributed by atoms with E-state index in [1.165, 1.54) is 0 Å². The van der Waals surface area contributed by atoms with E-state index in [9.17, 15) is 9.90 Å². The molecule has 0 unspecified atom stereocenters. The summed E-state index contributed by atoms with van der Waals surface area (Å²) in [7, 11) is 0. The molecule has 4 aromatic rings. The minimum absolute atomic E-state index is 0.137. The van der Waals surface area contributed by atoms with Crippen LogP contribution < -0.4 is 16.0 Å². The average molecular weight is 444 g/mol. The van der Waals surface area contributed by atoms with E-state index in [2.05, 4.69) is 41.0 Å². The van der Waals surface area contributed by atoms with E-state index in [1.54, 1.807) is 25.3 Å². The SMILES string of the molecule is Cc1noc(-c2cnc(Nc3ccc4c(n3)CNC4=O)nc2N[C@H](CO)c2ccccc2)n1. The van der Waals surface area contributed by atoms with Crippen LogP contribution in [0.4, 0.5) is 17.6 Å². The summed E-state index contributed by atoms with van der Waals surface area (Å²) < 4.78 is 5.32. The lowest BCUT2D eigenvalue weighted by atomic mass is 10.1. The average Bonchev–Trinajstić information content (AvgIpc) is 3.43. The van der Waals surface area contributed by atoms with E-state index in [4.69, 9.17) is 4.52 Å². The number of aliphatic hydroxyl groups is 1. The first-order valence-electron chi connectivity index (χ1n) is 10.3. The fourth-order valence-corrected chi connectivity index (χ4v) is 3.49. The lowest BCUT2D eigenvalue weighted by Gasteiger charge is -2.19. The summed E-state index contributed by atoms with van der Waals surface area (Å²) >= 11 is 0. The van der Waals surface area contributed by atoms with Crippen LogP contribution in [0.5, 0.6) is 0 Å². The van der Waals surface area contributed by atoms with Gasteiger partial charge >= 0.3 is 0 Å². The van der Waals surface area contributed by atoms with Crippen molar-refractivity contribution in [2.75, 3.05) is 17.2 Å². The number of hydrogen-bond acceptors (Lipinski definition) is 10. The van der Waals surface area contributed by atoms with Crippen molar-refractivity contribution in [2.24, 2.45) is 0 Å². The van der Waals surface area contributed by atoms with Crippen LogP contribution in [-0.2, 0) is 6.54 Å². The third-order valence-electron chi connectivity index (χ3n) is 5.12. The number of amides is 1. The molecule has 0 aliphatic carbocycles. The third kappa shape index (κ3) is 4.21. The van der Waals surface area contributed by atoms with Crippen LogP contribution in [0.1, 0.15) is 33.5 Å². The molecule has 33 heavy (non-hydrogen) atoms. The summed E-state index contributed by atoms with van der Waals surface area (Å²) in [5.41, 5.74) is 2.59. The van der Waals surface area contributed by atoms with Gasteiger partial charge < -0.3 is 25.6 Å². The van der Waals surface area contributed by atoms with E-state index >= 15 is 0 Å². The number of hydrogen-bond donors (Lipinski definition) is 4. The fraction of sp³-hybridized carbons (Fsp3) is 0.182. The van der Waals surface area contributed by atoms with Crippen LogP contribution in [0, 0.1) is 6.92 Å². The van der Waals surface area contributed by atoms with E-state index in [0.29, 0.717) is 40.8 Å². The summed E-state index contributed by atoms with van der Waals surface area (Å²) in [6, 6.07) is 12.5. The predicted octanol–water partition coefficient (Wildman–Crippen LogP) is 2.36. The van der Waals surface area contributed by atoms with Crippen molar-refractivity contribution in [3.63, 3.8) is 0 Å². The number of nitrogens with one attached hydrogen (secondary N) is 3. The number of carbonyl (C=O) groups is 1. The maximum absolute atomic E-state index is 11.8. The third-order valence-corrected chi connectivity index (χ3v) is 5.12. The molecule has 0 bridgehead atoms. The largest absolute Gasteiger partial charge is 0.394 e. The molecule has 0 saturated heterocycles. The number of aromatic nitrogens is 5. The monoisotopic (exact) mass is 444 g/mol. The molecule has 1 aliphatic heterocycles. The van der Waals surface area contributed by atoms with Crippen LogP contribution in [0.25, 0.3) is 11.5 Å². The molecule has 4 heterocycles. The number of aryl methyl sites for hydroxylation is 1. The first-order valence-corrected chi connectivity index (χ1v) is 10.3. The number of carbonyl (C=O) groups excluding carboxylic acids is 1. The van der Waals surface area contributed by atoms with Gasteiger partial charge in [0.15, 0.2) is 5.82 Å². The van der Waals surface area contributed by atoms with Gasteiger partial charge in [-0.25, -0.2) is 9.97 Å². The molecule has 11 heteroatoms. The fourth-order valence-electron chi connectivity index (χ4n) is 3.49. The van der Waals surface area contributed by atoms with Crippen molar-refractivity contribution < 1.29 is 14.4 Å². The lowest BCUT2D eigenvalue weighted by molar-refractivity contribution is 0.0965. The maximum atomic E-state index is 11.8. The van der Waals surface area contributed by atoms with Gasteiger partial charge in [-0.05, 0) is 24.6 Å². The zero-order valence-electron chi connectivity index (χ0n) is 17.6.